The van der Waals surface area contributed by atoms with E-state index >= 15 is 0 Å². The first kappa shape index (κ1) is 20.2. The lowest BCUT2D eigenvalue weighted by atomic mass is 9.96. The zero-order chi connectivity index (χ0) is 22.1. The maximum atomic E-state index is 12.1. The second kappa shape index (κ2) is 8.42. The molecule has 0 aliphatic carbocycles. The highest BCUT2D eigenvalue weighted by Gasteiger charge is 2.25. The molecule has 0 radical (unpaired) electrons. The predicted molar refractivity (Wildman–Crippen MR) is 123 cm³/mol. The first-order chi connectivity index (χ1) is 15.6. The van der Waals surface area contributed by atoms with Gasteiger partial charge in [-0.25, -0.2) is 4.79 Å². The van der Waals surface area contributed by atoms with Crippen molar-refractivity contribution in [2.75, 3.05) is 6.54 Å². The van der Waals surface area contributed by atoms with Crippen LogP contribution in [0.15, 0.2) is 54.9 Å². The van der Waals surface area contributed by atoms with Gasteiger partial charge >= 0.3 is 6.09 Å². The van der Waals surface area contributed by atoms with Crippen molar-refractivity contribution in [2.24, 2.45) is 5.92 Å². The van der Waals surface area contributed by atoms with Crippen LogP contribution in [0.3, 0.4) is 0 Å². The second-order valence-electron chi connectivity index (χ2n) is 8.41. The quantitative estimate of drug-likeness (QED) is 0.492. The van der Waals surface area contributed by atoms with Crippen LogP contribution >= 0.6 is 0 Å². The molecule has 1 amide bonds. The molecule has 0 bridgehead atoms. The van der Waals surface area contributed by atoms with E-state index in [1.54, 1.807) is 18.5 Å². The van der Waals surface area contributed by atoms with Gasteiger partial charge in [-0.05, 0) is 54.7 Å². The molecule has 0 saturated heterocycles. The van der Waals surface area contributed by atoms with E-state index in [9.17, 15) is 4.79 Å². The Morgan fingerprint density at radius 3 is 2.88 bits per heavy atom. The third-order valence-corrected chi connectivity index (χ3v) is 5.60. The van der Waals surface area contributed by atoms with Gasteiger partial charge in [0.15, 0.2) is 0 Å². The molecule has 1 aliphatic heterocycles. The summed E-state index contributed by atoms with van der Waals surface area (Å²) < 4.78 is 7.55. The monoisotopic (exact) mass is 427 g/mol. The molecular formula is C25H25N5O2. The van der Waals surface area contributed by atoms with Crippen molar-refractivity contribution in [1.82, 2.24) is 25.1 Å². The maximum absolute atomic E-state index is 12.1. The number of ether oxygens (including phenoxy) is 1. The molecule has 7 heteroatoms. The molecule has 1 N–H and O–H groups in total. The third kappa shape index (κ3) is 3.82. The number of benzene rings is 1. The second-order valence-corrected chi connectivity index (χ2v) is 8.41. The molecule has 5 rings (SSSR count). The summed E-state index contributed by atoms with van der Waals surface area (Å²) in [7, 11) is 0. The molecule has 1 aromatic carbocycles. The summed E-state index contributed by atoms with van der Waals surface area (Å²) in [6.45, 7) is 5.56. The SMILES string of the molecule is CC(C)CNC(=O)Oc1ccc2c(-c3c(-c4ccccn4)nn4c3CCC4)ccnc2c1. The molecule has 0 unspecified atom stereocenters. The van der Waals surface area contributed by atoms with Crippen molar-refractivity contribution in [2.45, 2.75) is 33.2 Å². The fourth-order valence-corrected chi connectivity index (χ4v) is 4.14. The first-order valence-corrected chi connectivity index (χ1v) is 11.0. The Morgan fingerprint density at radius 1 is 1.16 bits per heavy atom. The summed E-state index contributed by atoms with van der Waals surface area (Å²) in [5.74, 6) is 0.822. The number of hydrogen-bond acceptors (Lipinski definition) is 5. The van der Waals surface area contributed by atoms with Crippen LogP contribution in [-0.4, -0.2) is 32.4 Å². The molecule has 4 heterocycles. The average molecular weight is 428 g/mol. The van der Waals surface area contributed by atoms with E-state index < -0.39 is 6.09 Å². The lowest BCUT2D eigenvalue weighted by Crippen LogP contribution is -2.30. The van der Waals surface area contributed by atoms with Crippen molar-refractivity contribution >= 4 is 17.0 Å². The van der Waals surface area contributed by atoms with E-state index in [1.807, 2.05) is 50.2 Å². The molecule has 4 aromatic rings. The fourth-order valence-electron chi connectivity index (χ4n) is 4.14. The van der Waals surface area contributed by atoms with Gasteiger partial charge in [-0.2, -0.15) is 5.10 Å². The number of rotatable bonds is 5. The lowest BCUT2D eigenvalue weighted by molar-refractivity contribution is 0.199. The minimum atomic E-state index is -0.457. The average Bonchev–Trinajstić information content (AvgIpc) is 3.39. The van der Waals surface area contributed by atoms with E-state index in [0.717, 1.165) is 52.8 Å². The van der Waals surface area contributed by atoms with E-state index in [2.05, 4.69) is 20.0 Å². The number of fused-ring (bicyclic) bond motifs is 2. The minimum Gasteiger partial charge on any atom is -0.410 e. The summed E-state index contributed by atoms with van der Waals surface area (Å²) in [4.78, 5) is 21.1. The number of amides is 1. The summed E-state index contributed by atoms with van der Waals surface area (Å²) in [5.41, 5.74) is 5.91. The topological polar surface area (TPSA) is 81.9 Å². The third-order valence-electron chi connectivity index (χ3n) is 5.60. The number of carbonyl (C=O) groups excluding carboxylic acids is 1. The van der Waals surface area contributed by atoms with E-state index in [-0.39, 0.29) is 0 Å². The lowest BCUT2D eigenvalue weighted by Gasteiger charge is -2.11. The zero-order valence-corrected chi connectivity index (χ0v) is 18.2. The standard InChI is InChI=1S/C25H25N5O2/c1-16(2)15-28-25(31)32-17-8-9-18-19(10-12-27-21(18)14-17)23-22-7-5-13-30(22)29-24(23)20-6-3-4-11-26-20/h3-4,6,8-12,14,16H,5,7,13,15H2,1-2H3,(H,28,31). The molecule has 162 valence electrons. The highest BCUT2D eigenvalue weighted by Crippen LogP contribution is 2.40. The van der Waals surface area contributed by atoms with E-state index in [4.69, 9.17) is 9.84 Å². The van der Waals surface area contributed by atoms with Crippen LogP contribution in [-0.2, 0) is 13.0 Å². The zero-order valence-electron chi connectivity index (χ0n) is 18.2. The van der Waals surface area contributed by atoms with Crippen LogP contribution in [0, 0.1) is 5.92 Å². The van der Waals surface area contributed by atoms with Gasteiger partial charge in [-0.15, -0.1) is 0 Å². The van der Waals surface area contributed by atoms with Crippen molar-refractivity contribution in [3.63, 3.8) is 0 Å². The Kier molecular flexibility index (Phi) is 5.31. The number of hydrogen-bond donors (Lipinski definition) is 1. The number of nitrogens with one attached hydrogen (secondary N) is 1. The normalized spacial score (nSPS) is 12.8. The van der Waals surface area contributed by atoms with Crippen molar-refractivity contribution < 1.29 is 9.53 Å². The van der Waals surface area contributed by atoms with Gasteiger partial charge in [-0.3, -0.25) is 14.6 Å². The molecule has 1 aliphatic rings. The summed E-state index contributed by atoms with van der Waals surface area (Å²) in [5, 5.41) is 8.65. The van der Waals surface area contributed by atoms with Gasteiger partial charge < -0.3 is 10.1 Å². The van der Waals surface area contributed by atoms with Gasteiger partial charge in [0.25, 0.3) is 0 Å². The predicted octanol–water partition coefficient (Wildman–Crippen LogP) is 4.85. The molecule has 0 saturated carbocycles. The van der Waals surface area contributed by atoms with Crippen LogP contribution in [0.5, 0.6) is 5.75 Å². The highest BCUT2D eigenvalue weighted by atomic mass is 16.6. The van der Waals surface area contributed by atoms with Gasteiger partial charge in [-0.1, -0.05) is 19.9 Å². The van der Waals surface area contributed by atoms with Crippen LogP contribution < -0.4 is 10.1 Å². The molecule has 7 nitrogen and oxygen atoms in total. The van der Waals surface area contributed by atoms with Crippen LogP contribution in [0.1, 0.15) is 26.0 Å². The molecule has 0 spiro atoms. The Labute approximate surface area is 186 Å². The van der Waals surface area contributed by atoms with Gasteiger partial charge in [0.05, 0.1) is 11.2 Å². The van der Waals surface area contributed by atoms with Crippen molar-refractivity contribution in [3.8, 4) is 28.3 Å². The number of aromatic nitrogens is 4. The number of carbonyl (C=O) groups is 1. The van der Waals surface area contributed by atoms with E-state index in [1.165, 1.54) is 5.69 Å². The Balaban J connectivity index is 1.55. The largest absolute Gasteiger partial charge is 0.412 e. The van der Waals surface area contributed by atoms with Crippen LogP contribution in [0.4, 0.5) is 4.79 Å². The van der Waals surface area contributed by atoms with Gasteiger partial charge in [0, 0.05) is 48.2 Å². The highest BCUT2D eigenvalue weighted by molar-refractivity contribution is 5.99. The number of nitrogens with zero attached hydrogens (tertiary/aromatic N) is 4. The summed E-state index contributed by atoms with van der Waals surface area (Å²) in [6, 6.07) is 13.5. The molecule has 0 atom stereocenters. The van der Waals surface area contributed by atoms with E-state index in [0.29, 0.717) is 18.2 Å². The molecule has 32 heavy (non-hydrogen) atoms. The van der Waals surface area contributed by atoms with Crippen molar-refractivity contribution in [3.05, 3.63) is 60.6 Å². The summed E-state index contributed by atoms with van der Waals surface area (Å²) >= 11 is 0. The number of pyridine rings is 2. The fraction of sp³-hybridized carbons (Fsp3) is 0.280. The Bertz CT molecular complexity index is 1280. The molecular weight excluding hydrogens is 402 g/mol. The Morgan fingerprint density at radius 2 is 2.06 bits per heavy atom. The summed E-state index contributed by atoms with van der Waals surface area (Å²) in [6.07, 6.45) is 5.20. The first-order valence-electron chi connectivity index (χ1n) is 11.0. The van der Waals surface area contributed by atoms with Gasteiger partial charge in [0.1, 0.15) is 11.4 Å². The molecule has 3 aromatic heterocycles. The smallest absolute Gasteiger partial charge is 0.410 e. The van der Waals surface area contributed by atoms with Crippen molar-refractivity contribution in [1.29, 1.82) is 0 Å². The maximum Gasteiger partial charge on any atom is 0.412 e. The van der Waals surface area contributed by atoms with Crippen LogP contribution in [0.25, 0.3) is 33.4 Å². The van der Waals surface area contributed by atoms with Gasteiger partial charge in [0.2, 0.25) is 0 Å². The number of aryl methyl sites for hydroxylation is 1. The minimum absolute atomic E-state index is 0.356. The molecule has 0 fully saturated rings. The Hall–Kier alpha value is -3.74. The van der Waals surface area contributed by atoms with Crippen LogP contribution in [0.2, 0.25) is 0 Å².